The molecule has 0 aliphatic carbocycles. The largest absolute Gasteiger partial charge is 0.296 e. The SMILES string of the molecule is Cc1ncccc1C(=O)Nc1nnc(CCc2ccccc2)s1. The van der Waals surface area contributed by atoms with E-state index in [0.29, 0.717) is 16.4 Å². The highest BCUT2D eigenvalue weighted by Crippen LogP contribution is 2.18. The van der Waals surface area contributed by atoms with Crippen LogP contribution in [-0.2, 0) is 12.8 Å². The van der Waals surface area contributed by atoms with Crippen LogP contribution in [0.2, 0.25) is 0 Å². The van der Waals surface area contributed by atoms with Crippen molar-refractivity contribution in [3.63, 3.8) is 0 Å². The first-order chi connectivity index (χ1) is 11.2. The fourth-order valence-corrected chi connectivity index (χ4v) is 2.92. The predicted molar refractivity (Wildman–Crippen MR) is 90.7 cm³/mol. The van der Waals surface area contributed by atoms with E-state index in [9.17, 15) is 4.79 Å². The molecule has 1 amide bonds. The molecule has 1 N–H and O–H groups in total. The van der Waals surface area contributed by atoms with Gasteiger partial charge in [-0.1, -0.05) is 41.7 Å². The van der Waals surface area contributed by atoms with Crippen molar-refractivity contribution >= 4 is 22.4 Å². The van der Waals surface area contributed by atoms with Crippen molar-refractivity contribution in [1.29, 1.82) is 0 Å². The van der Waals surface area contributed by atoms with Crippen LogP contribution < -0.4 is 5.32 Å². The molecule has 5 nitrogen and oxygen atoms in total. The summed E-state index contributed by atoms with van der Waals surface area (Å²) in [4.78, 5) is 16.3. The van der Waals surface area contributed by atoms with Crippen molar-refractivity contribution in [3.8, 4) is 0 Å². The Kier molecular flexibility index (Phi) is 4.73. The Morgan fingerprint density at radius 1 is 1.09 bits per heavy atom. The molecular weight excluding hydrogens is 308 g/mol. The maximum absolute atomic E-state index is 12.2. The lowest BCUT2D eigenvalue weighted by molar-refractivity contribution is 0.102. The van der Waals surface area contributed by atoms with E-state index in [1.807, 2.05) is 18.2 Å². The van der Waals surface area contributed by atoms with E-state index in [1.54, 1.807) is 25.3 Å². The second-order valence-corrected chi connectivity index (χ2v) is 6.14. The van der Waals surface area contributed by atoms with Crippen LogP contribution in [0, 0.1) is 6.92 Å². The Morgan fingerprint density at radius 2 is 1.91 bits per heavy atom. The fraction of sp³-hybridized carbons (Fsp3) is 0.176. The lowest BCUT2D eigenvalue weighted by atomic mass is 10.1. The number of hydrogen-bond donors (Lipinski definition) is 1. The Balaban J connectivity index is 1.61. The number of carbonyl (C=O) groups excluding carboxylic acids is 1. The van der Waals surface area contributed by atoms with E-state index in [1.165, 1.54) is 16.9 Å². The summed E-state index contributed by atoms with van der Waals surface area (Å²) in [6.45, 7) is 1.81. The van der Waals surface area contributed by atoms with Crippen molar-refractivity contribution in [2.45, 2.75) is 19.8 Å². The average Bonchev–Trinajstić information content (AvgIpc) is 3.02. The predicted octanol–water partition coefficient (Wildman–Crippen LogP) is 3.28. The first-order valence-corrected chi connectivity index (χ1v) is 8.13. The van der Waals surface area contributed by atoms with Crippen LogP contribution in [0.4, 0.5) is 5.13 Å². The van der Waals surface area contributed by atoms with E-state index in [0.717, 1.165) is 17.8 Å². The number of benzene rings is 1. The van der Waals surface area contributed by atoms with Crippen molar-refractivity contribution in [3.05, 3.63) is 70.5 Å². The smallest absolute Gasteiger partial charge is 0.259 e. The van der Waals surface area contributed by atoms with Gasteiger partial charge >= 0.3 is 0 Å². The minimum atomic E-state index is -0.207. The third-order valence-corrected chi connectivity index (χ3v) is 4.31. The van der Waals surface area contributed by atoms with Crippen LogP contribution >= 0.6 is 11.3 Å². The lowest BCUT2D eigenvalue weighted by Gasteiger charge is -2.03. The maximum Gasteiger partial charge on any atom is 0.259 e. The van der Waals surface area contributed by atoms with Gasteiger partial charge in [0.2, 0.25) is 5.13 Å². The molecule has 2 heterocycles. The normalized spacial score (nSPS) is 10.5. The highest BCUT2D eigenvalue weighted by Gasteiger charge is 2.12. The number of pyridine rings is 1. The van der Waals surface area contributed by atoms with Gasteiger partial charge in [0.05, 0.1) is 5.56 Å². The molecule has 0 radical (unpaired) electrons. The molecule has 6 heteroatoms. The number of carbonyl (C=O) groups is 1. The second-order valence-electron chi connectivity index (χ2n) is 5.08. The molecule has 0 aliphatic rings. The summed E-state index contributed by atoms with van der Waals surface area (Å²) >= 11 is 1.41. The van der Waals surface area contributed by atoms with Gasteiger partial charge in [-0.05, 0) is 31.0 Å². The van der Waals surface area contributed by atoms with Crippen molar-refractivity contribution in [2.75, 3.05) is 5.32 Å². The summed E-state index contributed by atoms with van der Waals surface area (Å²) in [7, 11) is 0. The zero-order valence-electron chi connectivity index (χ0n) is 12.7. The van der Waals surface area contributed by atoms with E-state index >= 15 is 0 Å². The van der Waals surface area contributed by atoms with Gasteiger partial charge in [-0.15, -0.1) is 10.2 Å². The monoisotopic (exact) mass is 324 g/mol. The van der Waals surface area contributed by atoms with Gasteiger partial charge in [-0.3, -0.25) is 15.1 Å². The number of nitrogens with zero attached hydrogens (tertiary/aromatic N) is 3. The Bertz CT molecular complexity index is 801. The fourth-order valence-electron chi connectivity index (χ4n) is 2.19. The van der Waals surface area contributed by atoms with E-state index in [4.69, 9.17) is 0 Å². The Labute approximate surface area is 138 Å². The molecule has 0 saturated heterocycles. The Morgan fingerprint density at radius 3 is 2.70 bits per heavy atom. The quantitative estimate of drug-likeness (QED) is 0.782. The molecule has 0 saturated carbocycles. The molecule has 23 heavy (non-hydrogen) atoms. The summed E-state index contributed by atoms with van der Waals surface area (Å²) < 4.78 is 0. The van der Waals surface area contributed by atoms with Gasteiger partial charge in [0, 0.05) is 18.3 Å². The van der Waals surface area contributed by atoms with Gasteiger partial charge in [-0.2, -0.15) is 0 Å². The van der Waals surface area contributed by atoms with Crippen LogP contribution in [0.3, 0.4) is 0 Å². The summed E-state index contributed by atoms with van der Waals surface area (Å²) in [5, 5.41) is 12.4. The molecule has 116 valence electrons. The van der Waals surface area contributed by atoms with Crippen LogP contribution in [0.25, 0.3) is 0 Å². The molecule has 0 atom stereocenters. The second kappa shape index (κ2) is 7.11. The van der Waals surface area contributed by atoms with Crippen LogP contribution in [0.5, 0.6) is 0 Å². The summed E-state index contributed by atoms with van der Waals surface area (Å²) in [6, 6.07) is 13.7. The van der Waals surface area contributed by atoms with Gasteiger partial charge < -0.3 is 0 Å². The topological polar surface area (TPSA) is 67.8 Å². The molecule has 1 aromatic carbocycles. The summed E-state index contributed by atoms with van der Waals surface area (Å²) in [5.41, 5.74) is 2.51. The molecule has 0 fully saturated rings. The van der Waals surface area contributed by atoms with Gasteiger partial charge in [0.25, 0.3) is 5.91 Å². The van der Waals surface area contributed by atoms with Crippen molar-refractivity contribution in [1.82, 2.24) is 15.2 Å². The zero-order valence-corrected chi connectivity index (χ0v) is 13.5. The van der Waals surface area contributed by atoms with Gasteiger partial charge in [0.1, 0.15) is 5.01 Å². The number of anilines is 1. The van der Waals surface area contributed by atoms with Crippen LogP contribution in [0.15, 0.2) is 48.7 Å². The maximum atomic E-state index is 12.2. The summed E-state index contributed by atoms with van der Waals surface area (Å²) in [6.07, 6.45) is 3.38. The highest BCUT2D eigenvalue weighted by atomic mass is 32.1. The van der Waals surface area contributed by atoms with Gasteiger partial charge in [-0.25, -0.2) is 0 Å². The third kappa shape index (κ3) is 3.98. The van der Waals surface area contributed by atoms with E-state index in [2.05, 4.69) is 32.6 Å². The number of amides is 1. The highest BCUT2D eigenvalue weighted by molar-refractivity contribution is 7.15. The zero-order chi connectivity index (χ0) is 16.1. The first-order valence-electron chi connectivity index (χ1n) is 7.31. The standard InChI is InChI=1S/C17H16N4OS/c1-12-14(8-5-11-18-12)16(22)19-17-21-20-15(23-17)10-9-13-6-3-2-4-7-13/h2-8,11H,9-10H2,1H3,(H,19,21,22). The average molecular weight is 324 g/mol. The molecular formula is C17H16N4OS. The lowest BCUT2D eigenvalue weighted by Crippen LogP contribution is -2.13. The number of aromatic nitrogens is 3. The molecule has 0 bridgehead atoms. The van der Waals surface area contributed by atoms with Crippen LogP contribution in [0.1, 0.15) is 26.6 Å². The first kappa shape index (κ1) is 15.3. The number of rotatable bonds is 5. The van der Waals surface area contributed by atoms with E-state index < -0.39 is 0 Å². The molecule has 0 unspecified atom stereocenters. The third-order valence-electron chi connectivity index (χ3n) is 3.41. The molecule has 2 aromatic heterocycles. The molecule has 0 aliphatic heterocycles. The summed E-state index contributed by atoms with van der Waals surface area (Å²) in [5.74, 6) is -0.207. The van der Waals surface area contributed by atoms with Crippen LogP contribution in [-0.4, -0.2) is 21.1 Å². The molecule has 3 aromatic rings. The van der Waals surface area contributed by atoms with E-state index in [-0.39, 0.29) is 5.91 Å². The van der Waals surface area contributed by atoms with Crippen molar-refractivity contribution in [2.24, 2.45) is 0 Å². The number of aryl methyl sites for hydroxylation is 3. The minimum Gasteiger partial charge on any atom is -0.296 e. The molecule has 3 rings (SSSR count). The molecule has 0 spiro atoms. The number of nitrogens with one attached hydrogen (secondary N) is 1. The minimum absolute atomic E-state index is 0.207. The van der Waals surface area contributed by atoms with Gasteiger partial charge in [0.15, 0.2) is 0 Å². The Hall–Kier alpha value is -2.60. The van der Waals surface area contributed by atoms with Crippen molar-refractivity contribution < 1.29 is 4.79 Å². The number of hydrogen-bond acceptors (Lipinski definition) is 5.